The number of carbonyl (C=O) groups is 3. The molecule has 2 aliphatic heterocycles. The predicted octanol–water partition coefficient (Wildman–Crippen LogP) is 3.74. The maximum atomic E-state index is 13.4. The second-order valence-corrected chi connectivity index (χ2v) is 9.43. The van der Waals surface area contributed by atoms with E-state index < -0.39 is 6.04 Å². The lowest BCUT2D eigenvalue weighted by atomic mass is 10.0. The second-order valence-electron chi connectivity index (χ2n) is 9.43. The average molecular weight is 463 g/mol. The van der Waals surface area contributed by atoms with Crippen molar-refractivity contribution < 1.29 is 14.4 Å². The molecular formula is C27H34N4O3. The van der Waals surface area contributed by atoms with Crippen molar-refractivity contribution in [1.29, 1.82) is 0 Å². The summed E-state index contributed by atoms with van der Waals surface area (Å²) >= 11 is 0. The number of benzene rings is 2. The van der Waals surface area contributed by atoms with Crippen molar-refractivity contribution in [2.24, 2.45) is 0 Å². The summed E-state index contributed by atoms with van der Waals surface area (Å²) in [7, 11) is 3.43. The smallest absolute Gasteiger partial charge is 0.318 e. The molecule has 2 aliphatic rings. The van der Waals surface area contributed by atoms with Gasteiger partial charge in [-0.1, -0.05) is 24.3 Å². The summed E-state index contributed by atoms with van der Waals surface area (Å²) in [5.74, 6) is -0.0306. The van der Waals surface area contributed by atoms with Crippen LogP contribution in [0.3, 0.4) is 0 Å². The lowest BCUT2D eigenvalue weighted by Crippen LogP contribution is -2.49. The van der Waals surface area contributed by atoms with E-state index in [0.29, 0.717) is 25.1 Å². The molecule has 2 aromatic carbocycles. The number of hydrogen-bond donors (Lipinski definition) is 1. The Labute approximate surface area is 201 Å². The van der Waals surface area contributed by atoms with Crippen molar-refractivity contribution in [2.45, 2.75) is 51.6 Å². The monoisotopic (exact) mass is 462 g/mol. The molecule has 1 N–H and O–H groups in total. The van der Waals surface area contributed by atoms with Gasteiger partial charge in [0.05, 0.1) is 0 Å². The van der Waals surface area contributed by atoms with Crippen LogP contribution in [0.2, 0.25) is 0 Å². The van der Waals surface area contributed by atoms with Crippen LogP contribution >= 0.6 is 0 Å². The first kappa shape index (κ1) is 23.8. The Hall–Kier alpha value is -3.35. The Bertz CT molecular complexity index is 1080. The highest BCUT2D eigenvalue weighted by molar-refractivity contribution is 6.06. The number of amides is 4. The van der Waals surface area contributed by atoms with Crippen molar-refractivity contribution in [1.82, 2.24) is 15.1 Å². The van der Waals surface area contributed by atoms with Crippen molar-refractivity contribution >= 4 is 23.5 Å². The van der Waals surface area contributed by atoms with Gasteiger partial charge in [-0.25, -0.2) is 4.79 Å². The van der Waals surface area contributed by atoms with E-state index in [1.54, 1.807) is 23.9 Å². The molecule has 0 bridgehead atoms. The normalized spacial score (nSPS) is 17.7. The molecule has 1 fully saturated rings. The summed E-state index contributed by atoms with van der Waals surface area (Å²) in [4.78, 5) is 43.6. The van der Waals surface area contributed by atoms with E-state index in [4.69, 9.17) is 0 Å². The molecule has 0 aliphatic carbocycles. The number of aryl methyl sites for hydroxylation is 2. The summed E-state index contributed by atoms with van der Waals surface area (Å²) in [5, 5.41) is 2.96. The van der Waals surface area contributed by atoms with Crippen molar-refractivity contribution in [3.8, 4) is 0 Å². The Balaban J connectivity index is 1.43. The largest absolute Gasteiger partial charge is 0.347 e. The lowest BCUT2D eigenvalue weighted by Gasteiger charge is -2.26. The molecule has 0 spiro atoms. The Morgan fingerprint density at radius 1 is 1.03 bits per heavy atom. The van der Waals surface area contributed by atoms with Gasteiger partial charge in [0.15, 0.2) is 0 Å². The van der Waals surface area contributed by atoms with Gasteiger partial charge < -0.3 is 20.0 Å². The zero-order chi connectivity index (χ0) is 24.2. The van der Waals surface area contributed by atoms with Crippen molar-refractivity contribution in [2.75, 3.05) is 32.1 Å². The van der Waals surface area contributed by atoms with Crippen molar-refractivity contribution in [3.63, 3.8) is 0 Å². The molecule has 4 rings (SSSR count). The predicted molar refractivity (Wildman–Crippen MR) is 133 cm³/mol. The third-order valence-electron chi connectivity index (χ3n) is 6.86. The minimum atomic E-state index is -0.396. The number of likely N-dealkylation sites (N-methyl/N-ethyl adjacent to an activating group) is 1. The topological polar surface area (TPSA) is 73.0 Å². The first-order valence-corrected chi connectivity index (χ1v) is 12.1. The quantitative estimate of drug-likeness (QED) is 0.752. The fourth-order valence-electron chi connectivity index (χ4n) is 4.92. The summed E-state index contributed by atoms with van der Waals surface area (Å²) in [6, 6.07) is 13.2. The number of para-hydroxylation sites is 1. The van der Waals surface area contributed by atoms with Crippen LogP contribution in [0.4, 0.5) is 10.5 Å². The number of anilines is 1. The second kappa shape index (κ2) is 10.3. The Morgan fingerprint density at radius 3 is 2.59 bits per heavy atom. The van der Waals surface area contributed by atoms with E-state index in [-0.39, 0.29) is 17.8 Å². The third kappa shape index (κ3) is 4.93. The lowest BCUT2D eigenvalue weighted by molar-refractivity contribution is -0.132. The van der Waals surface area contributed by atoms with E-state index in [1.165, 1.54) is 5.56 Å². The summed E-state index contributed by atoms with van der Waals surface area (Å²) in [5.41, 5.74) is 4.79. The molecule has 4 amide bonds. The number of nitrogens with zero attached hydrogens (tertiary/aromatic N) is 3. The molecule has 2 aromatic rings. The molecule has 2 heterocycles. The van der Waals surface area contributed by atoms with Crippen LogP contribution in [0.5, 0.6) is 0 Å². The molecule has 0 unspecified atom stereocenters. The van der Waals surface area contributed by atoms with E-state index in [0.717, 1.165) is 49.0 Å². The van der Waals surface area contributed by atoms with Crippen LogP contribution in [0.15, 0.2) is 42.5 Å². The standard InChI is InChI=1S/C27H34N4O3/c1-19-17-21(25(32)30-15-7-6-10-20-9-4-5-11-23(20)30)13-14-22(19)18-28-27(34)31-16-8-12-24(31)26(33)29(2)3/h4-5,9,11,13-14,17,24H,6-8,10,12,15-16,18H2,1-3H3,(H,28,34)/t24-/m0/s1. The van der Waals surface area contributed by atoms with Crippen molar-refractivity contribution in [3.05, 3.63) is 64.7 Å². The fraction of sp³-hybridized carbons (Fsp3) is 0.444. The van der Waals surface area contributed by atoms with Gasteiger partial charge in [-0.2, -0.15) is 0 Å². The van der Waals surface area contributed by atoms with E-state index in [9.17, 15) is 14.4 Å². The minimum Gasteiger partial charge on any atom is -0.347 e. The average Bonchev–Trinajstić information content (AvgIpc) is 3.22. The summed E-state index contributed by atoms with van der Waals surface area (Å²) in [6.45, 7) is 3.61. The molecule has 1 atom stereocenters. The number of carbonyl (C=O) groups excluding carboxylic acids is 3. The number of rotatable bonds is 4. The van der Waals surface area contributed by atoms with E-state index in [1.807, 2.05) is 48.2 Å². The summed E-state index contributed by atoms with van der Waals surface area (Å²) < 4.78 is 0. The number of nitrogens with one attached hydrogen (secondary N) is 1. The van der Waals surface area contributed by atoms with Gasteiger partial charge >= 0.3 is 6.03 Å². The van der Waals surface area contributed by atoms with Gasteiger partial charge in [-0.3, -0.25) is 9.59 Å². The van der Waals surface area contributed by atoms with Gasteiger partial charge in [-0.15, -0.1) is 0 Å². The molecule has 0 saturated carbocycles. The highest BCUT2D eigenvalue weighted by atomic mass is 16.2. The number of likely N-dealkylation sites (tertiary alicyclic amines) is 1. The Kier molecular flexibility index (Phi) is 7.20. The van der Waals surface area contributed by atoms with Gasteiger partial charge in [0.1, 0.15) is 6.04 Å². The molecule has 0 aromatic heterocycles. The first-order chi connectivity index (χ1) is 16.4. The molecule has 0 radical (unpaired) electrons. The fourth-order valence-corrected chi connectivity index (χ4v) is 4.92. The van der Waals surface area contributed by atoms with Gasteiger partial charge in [0.25, 0.3) is 5.91 Å². The highest BCUT2D eigenvalue weighted by Gasteiger charge is 2.34. The van der Waals surface area contributed by atoms with Crippen LogP contribution in [0.1, 0.15) is 52.7 Å². The molecular weight excluding hydrogens is 428 g/mol. The molecule has 34 heavy (non-hydrogen) atoms. The first-order valence-electron chi connectivity index (χ1n) is 12.1. The van der Waals surface area contributed by atoms with E-state index in [2.05, 4.69) is 11.4 Å². The minimum absolute atomic E-state index is 0.00939. The number of hydrogen-bond acceptors (Lipinski definition) is 3. The zero-order valence-electron chi connectivity index (χ0n) is 20.3. The Morgan fingerprint density at radius 2 is 1.82 bits per heavy atom. The number of fused-ring (bicyclic) bond motifs is 1. The van der Waals surface area contributed by atoms with Crippen LogP contribution in [0.25, 0.3) is 0 Å². The maximum Gasteiger partial charge on any atom is 0.318 e. The SMILES string of the molecule is Cc1cc(C(=O)N2CCCCc3ccccc32)ccc1CNC(=O)N1CCC[C@H]1C(=O)N(C)C. The molecule has 1 saturated heterocycles. The van der Waals surface area contributed by atoms with Gasteiger partial charge in [0, 0.05) is 45.0 Å². The van der Waals surface area contributed by atoms with Gasteiger partial charge in [-0.05, 0) is 73.9 Å². The van der Waals surface area contributed by atoms with Crippen LogP contribution in [-0.4, -0.2) is 60.9 Å². The third-order valence-corrected chi connectivity index (χ3v) is 6.86. The van der Waals surface area contributed by atoms with Crippen LogP contribution in [-0.2, 0) is 17.8 Å². The van der Waals surface area contributed by atoms with Gasteiger partial charge in [0.2, 0.25) is 5.91 Å². The molecule has 7 nitrogen and oxygen atoms in total. The summed E-state index contributed by atoms with van der Waals surface area (Å²) in [6.07, 6.45) is 4.58. The van der Waals surface area contributed by atoms with Crippen LogP contribution in [0, 0.1) is 6.92 Å². The van der Waals surface area contributed by atoms with Crippen LogP contribution < -0.4 is 10.2 Å². The van der Waals surface area contributed by atoms with E-state index >= 15 is 0 Å². The number of urea groups is 1. The highest BCUT2D eigenvalue weighted by Crippen LogP contribution is 2.28. The molecule has 7 heteroatoms. The zero-order valence-corrected chi connectivity index (χ0v) is 20.3. The molecule has 180 valence electrons. The maximum absolute atomic E-state index is 13.4.